The van der Waals surface area contributed by atoms with Gasteiger partial charge in [-0.2, -0.15) is 5.10 Å². The Morgan fingerprint density at radius 2 is 1.92 bits per heavy atom. The fraction of sp³-hybridized carbons (Fsp3) is 0.421. The summed E-state index contributed by atoms with van der Waals surface area (Å²) in [6.45, 7) is 6.21. The molecule has 1 aromatic heterocycles. The largest absolute Gasteiger partial charge is 0.373 e. The standard InChI is InChI=1S/C19H26N4O2/c1-14(2)21-19(25)15(3)23-18(24)12-17(13-20-23)22(4)11-10-16-8-6-5-7-9-16/h5-9,12-15H,10-11H2,1-4H3,(H,21,25)/t15-/m1/s1. The van der Waals surface area contributed by atoms with Crippen molar-refractivity contribution < 1.29 is 4.79 Å². The molecule has 134 valence electrons. The van der Waals surface area contributed by atoms with Crippen molar-refractivity contribution in [2.45, 2.75) is 39.3 Å². The van der Waals surface area contributed by atoms with Crippen LogP contribution < -0.4 is 15.8 Å². The van der Waals surface area contributed by atoms with Crippen LogP contribution in [-0.4, -0.2) is 35.3 Å². The normalized spacial score (nSPS) is 12.0. The van der Waals surface area contributed by atoms with Crippen molar-refractivity contribution in [1.82, 2.24) is 15.1 Å². The van der Waals surface area contributed by atoms with E-state index < -0.39 is 6.04 Å². The molecule has 1 N–H and O–H groups in total. The van der Waals surface area contributed by atoms with E-state index >= 15 is 0 Å². The van der Waals surface area contributed by atoms with Crippen molar-refractivity contribution >= 4 is 11.6 Å². The third-order valence-electron chi connectivity index (χ3n) is 4.01. The van der Waals surface area contributed by atoms with Gasteiger partial charge in [0.05, 0.1) is 11.9 Å². The monoisotopic (exact) mass is 342 g/mol. The second kappa shape index (κ2) is 8.46. The number of anilines is 1. The number of carbonyl (C=O) groups excluding carboxylic acids is 1. The highest BCUT2D eigenvalue weighted by molar-refractivity contribution is 5.79. The van der Waals surface area contributed by atoms with Crippen LogP contribution in [0.2, 0.25) is 0 Å². The molecular weight excluding hydrogens is 316 g/mol. The lowest BCUT2D eigenvalue weighted by Gasteiger charge is -2.20. The SMILES string of the molecule is CC(C)NC(=O)[C@@H](C)n1ncc(N(C)CCc2ccccc2)cc1=O. The van der Waals surface area contributed by atoms with Gasteiger partial charge >= 0.3 is 0 Å². The average molecular weight is 342 g/mol. The highest BCUT2D eigenvalue weighted by Gasteiger charge is 2.18. The summed E-state index contributed by atoms with van der Waals surface area (Å²) in [5.74, 6) is -0.213. The van der Waals surface area contributed by atoms with Gasteiger partial charge in [-0.15, -0.1) is 0 Å². The third-order valence-corrected chi connectivity index (χ3v) is 4.01. The third kappa shape index (κ3) is 5.17. The molecule has 25 heavy (non-hydrogen) atoms. The number of hydrogen-bond acceptors (Lipinski definition) is 4. The number of rotatable bonds is 7. The van der Waals surface area contributed by atoms with Crippen LogP contribution in [0.15, 0.2) is 47.4 Å². The first kappa shape index (κ1) is 18.7. The topological polar surface area (TPSA) is 67.2 Å². The number of nitrogens with zero attached hydrogens (tertiary/aromatic N) is 3. The van der Waals surface area contributed by atoms with E-state index in [0.717, 1.165) is 18.7 Å². The number of amides is 1. The summed E-state index contributed by atoms with van der Waals surface area (Å²) < 4.78 is 1.21. The quantitative estimate of drug-likeness (QED) is 0.836. The van der Waals surface area contributed by atoms with Crippen LogP contribution in [-0.2, 0) is 11.2 Å². The molecule has 0 bridgehead atoms. The molecule has 2 rings (SSSR count). The molecule has 6 nitrogen and oxygen atoms in total. The Kier molecular flexibility index (Phi) is 6.33. The van der Waals surface area contributed by atoms with Gasteiger partial charge in [0.2, 0.25) is 5.91 Å². The minimum absolute atomic E-state index is 0.0223. The molecule has 0 aliphatic heterocycles. The van der Waals surface area contributed by atoms with E-state index in [-0.39, 0.29) is 17.5 Å². The molecule has 0 unspecified atom stereocenters. The molecule has 1 atom stereocenters. The maximum absolute atomic E-state index is 12.3. The highest BCUT2D eigenvalue weighted by atomic mass is 16.2. The summed E-state index contributed by atoms with van der Waals surface area (Å²) in [5.41, 5.74) is 1.71. The fourth-order valence-corrected chi connectivity index (χ4v) is 2.49. The second-order valence-electron chi connectivity index (χ2n) is 6.49. The molecule has 0 spiro atoms. The van der Waals surface area contributed by atoms with Gasteiger partial charge in [-0.1, -0.05) is 30.3 Å². The Morgan fingerprint density at radius 1 is 1.24 bits per heavy atom. The van der Waals surface area contributed by atoms with Crippen molar-refractivity contribution in [3.05, 3.63) is 58.5 Å². The summed E-state index contributed by atoms with van der Waals surface area (Å²) >= 11 is 0. The molecule has 1 amide bonds. The van der Waals surface area contributed by atoms with Crippen molar-refractivity contribution in [2.24, 2.45) is 0 Å². The summed E-state index contributed by atoms with van der Waals surface area (Å²) in [4.78, 5) is 26.4. The number of benzene rings is 1. The Balaban J connectivity index is 2.05. The predicted octanol–water partition coefficient (Wildman–Crippen LogP) is 2.01. The van der Waals surface area contributed by atoms with Crippen molar-refractivity contribution in [2.75, 3.05) is 18.5 Å². The summed E-state index contributed by atoms with van der Waals surface area (Å²) in [6, 6.07) is 11.1. The van der Waals surface area contributed by atoms with Crippen molar-refractivity contribution in [1.29, 1.82) is 0 Å². The van der Waals surface area contributed by atoms with E-state index in [2.05, 4.69) is 22.5 Å². The minimum Gasteiger partial charge on any atom is -0.373 e. The van der Waals surface area contributed by atoms with E-state index in [1.54, 1.807) is 13.1 Å². The van der Waals surface area contributed by atoms with Gasteiger partial charge in [0.15, 0.2) is 0 Å². The van der Waals surface area contributed by atoms with E-state index in [0.29, 0.717) is 0 Å². The molecule has 0 aliphatic rings. The van der Waals surface area contributed by atoms with Gasteiger partial charge in [-0.3, -0.25) is 9.59 Å². The smallest absolute Gasteiger partial charge is 0.269 e. The van der Waals surface area contributed by atoms with Crippen LogP contribution >= 0.6 is 0 Å². The van der Waals surface area contributed by atoms with E-state index in [1.165, 1.54) is 16.3 Å². The van der Waals surface area contributed by atoms with Gasteiger partial charge in [0, 0.05) is 25.7 Å². The van der Waals surface area contributed by atoms with Crippen LogP contribution in [0, 0.1) is 0 Å². The Bertz CT molecular complexity index is 756. The van der Waals surface area contributed by atoms with Crippen LogP contribution in [0.1, 0.15) is 32.4 Å². The number of nitrogens with one attached hydrogen (secondary N) is 1. The predicted molar refractivity (Wildman–Crippen MR) is 99.9 cm³/mol. The molecule has 2 aromatic rings. The molecule has 0 saturated carbocycles. The molecule has 1 heterocycles. The Hall–Kier alpha value is -2.63. The molecule has 1 aromatic carbocycles. The lowest BCUT2D eigenvalue weighted by Crippen LogP contribution is -2.40. The Labute approximate surface area is 148 Å². The second-order valence-corrected chi connectivity index (χ2v) is 6.49. The highest BCUT2D eigenvalue weighted by Crippen LogP contribution is 2.10. The molecule has 0 radical (unpaired) electrons. The first-order chi connectivity index (χ1) is 11.9. The molecule has 0 saturated heterocycles. The summed E-state index contributed by atoms with van der Waals surface area (Å²) in [6.07, 6.45) is 2.51. The summed E-state index contributed by atoms with van der Waals surface area (Å²) in [5, 5.41) is 6.98. The van der Waals surface area contributed by atoms with Crippen molar-refractivity contribution in [3.8, 4) is 0 Å². The maximum Gasteiger partial charge on any atom is 0.269 e. The van der Waals surface area contributed by atoms with E-state index in [1.807, 2.05) is 44.0 Å². The summed E-state index contributed by atoms with van der Waals surface area (Å²) in [7, 11) is 1.93. The average Bonchev–Trinajstić information content (AvgIpc) is 2.59. The van der Waals surface area contributed by atoms with Crippen molar-refractivity contribution in [3.63, 3.8) is 0 Å². The molecular formula is C19H26N4O2. The fourth-order valence-electron chi connectivity index (χ4n) is 2.49. The Morgan fingerprint density at radius 3 is 2.52 bits per heavy atom. The van der Waals surface area contributed by atoms with Gasteiger partial charge in [0.25, 0.3) is 5.56 Å². The molecule has 0 fully saturated rings. The number of aromatic nitrogens is 2. The molecule has 0 aliphatic carbocycles. The number of likely N-dealkylation sites (N-methyl/N-ethyl adjacent to an activating group) is 1. The first-order valence-electron chi connectivity index (χ1n) is 8.52. The maximum atomic E-state index is 12.3. The van der Waals surface area contributed by atoms with E-state index in [4.69, 9.17) is 0 Å². The first-order valence-corrected chi connectivity index (χ1v) is 8.52. The van der Waals surface area contributed by atoms with Gasteiger partial charge in [-0.25, -0.2) is 4.68 Å². The van der Waals surface area contributed by atoms with Gasteiger partial charge in [0.1, 0.15) is 6.04 Å². The van der Waals surface area contributed by atoms with Gasteiger partial charge < -0.3 is 10.2 Å². The van der Waals surface area contributed by atoms with Gasteiger partial charge in [-0.05, 0) is 32.8 Å². The zero-order chi connectivity index (χ0) is 18.4. The van der Waals surface area contributed by atoms with Crippen LogP contribution in [0.5, 0.6) is 0 Å². The van der Waals surface area contributed by atoms with Crippen LogP contribution in [0.3, 0.4) is 0 Å². The minimum atomic E-state index is -0.640. The zero-order valence-corrected chi connectivity index (χ0v) is 15.3. The zero-order valence-electron chi connectivity index (χ0n) is 15.3. The molecule has 6 heteroatoms. The number of carbonyl (C=O) groups is 1. The van der Waals surface area contributed by atoms with Crippen LogP contribution in [0.25, 0.3) is 0 Å². The number of hydrogen-bond donors (Lipinski definition) is 1. The van der Waals surface area contributed by atoms with E-state index in [9.17, 15) is 9.59 Å². The lowest BCUT2D eigenvalue weighted by molar-refractivity contribution is -0.124. The van der Waals surface area contributed by atoms with Crippen LogP contribution in [0.4, 0.5) is 5.69 Å². The lowest BCUT2D eigenvalue weighted by atomic mass is 10.1.